The third kappa shape index (κ3) is 5.26. The van der Waals surface area contributed by atoms with Crippen LogP contribution in [0.3, 0.4) is 0 Å². The zero-order chi connectivity index (χ0) is 21.7. The highest BCUT2D eigenvalue weighted by atomic mass is 16.2. The number of rotatable bonds is 6. The molecule has 2 N–H and O–H groups in total. The van der Waals surface area contributed by atoms with Crippen LogP contribution in [0.2, 0.25) is 0 Å². The van der Waals surface area contributed by atoms with Crippen LogP contribution in [0.25, 0.3) is 0 Å². The lowest BCUT2D eigenvalue weighted by atomic mass is 10.1. The predicted octanol–water partition coefficient (Wildman–Crippen LogP) is 2.65. The highest BCUT2D eigenvalue weighted by molar-refractivity contribution is 6.02. The molecule has 8 nitrogen and oxygen atoms in total. The van der Waals surface area contributed by atoms with E-state index in [2.05, 4.69) is 15.7 Å². The standard InChI is InChI=1S/C22H20N4O4/c1-14-6-8-17(9-7-14)24-22(30)19-10-11-21(29)26(25-19)13-20(28)23-18-5-3-4-16(12-18)15(2)27/h3-12H,13H2,1-2H3,(H,23,28)(H,24,30). The second-order valence-corrected chi connectivity index (χ2v) is 6.72. The molecule has 30 heavy (non-hydrogen) atoms. The maximum absolute atomic E-state index is 12.4. The van der Waals surface area contributed by atoms with Gasteiger partial charge in [-0.05, 0) is 44.2 Å². The minimum absolute atomic E-state index is 0.00144. The van der Waals surface area contributed by atoms with Crippen molar-refractivity contribution in [3.8, 4) is 0 Å². The van der Waals surface area contributed by atoms with Crippen LogP contribution in [0.15, 0.2) is 65.5 Å². The van der Waals surface area contributed by atoms with E-state index in [0.29, 0.717) is 16.9 Å². The number of Topliss-reactive ketones (excluding diaryl/α,β-unsaturated/α-hetero) is 1. The highest BCUT2D eigenvalue weighted by Gasteiger charge is 2.13. The second kappa shape index (κ2) is 8.95. The van der Waals surface area contributed by atoms with Gasteiger partial charge in [-0.25, -0.2) is 4.68 Å². The van der Waals surface area contributed by atoms with Crippen molar-refractivity contribution in [3.63, 3.8) is 0 Å². The van der Waals surface area contributed by atoms with Crippen LogP contribution < -0.4 is 16.2 Å². The number of nitrogens with zero attached hydrogens (tertiary/aromatic N) is 2. The number of aromatic nitrogens is 2. The summed E-state index contributed by atoms with van der Waals surface area (Å²) in [5, 5.41) is 9.30. The Balaban J connectivity index is 1.71. The van der Waals surface area contributed by atoms with E-state index in [1.807, 2.05) is 19.1 Å². The first-order valence-corrected chi connectivity index (χ1v) is 9.19. The fourth-order valence-electron chi connectivity index (χ4n) is 2.67. The first-order chi connectivity index (χ1) is 14.3. The number of carbonyl (C=O) groups is 3. The molecule has 0 aliphatic carbocycles. The Kier molecular flexibility index (Phi) is 6.17. The van der Waals surface area contributed by atoms with Gasteiger partial charge in [0.1, 0.15) is 12.2 Å². The average Bonchev–Trinajstić information content (AvgIpc) is 2.71. The molecule has 2 aromatic carbocycles. The zero-order valence-corrected chi connectivity index (χ0v) is 16.5. The predicted molar refractivity (Wildman–Crippen MR) is 113 cm³/mol. The summed E-state index contributed by atoms with van der Waals surface area (Å²) in [7, 11) is 0. The molecule has 8 heteroatoms. The Hall–Kier alpha value is -4.07. The third-order valence-corrected chi connectivity index (χ3v) is 4.25. The number of amides is 2. The molecule has 0 saturated heterocycles. The number of aryl methyl sites for hydroxylation is 1. The van der Waals surface area contributed by atoms with Crippen molar-refractivity contribution >= 4 is 29.0 Å². The molecule has 0 aliphatic heterocycles. The molecule has 0 radical (unpaired) electrons. The molecular formula is C22H20N4O4. The van der Waals surface area contributed by atoms with Gasteiger partial charge in [0.15, 0.2) is 5.78 Å². The maximum Gasteiger partial charge on any atom is 0.276 e. The summed E-state index contributed by atoms with van der Waals surface area (Å²) in [5.74, 6) is -1.14. The van der Waals surface area contributed by atoms with Crippen LogP contribution in [0.1, 0.15) is 33.3 Å². The van der Waals surface area contributed by atoms with E-state index >= 15 is 0 Å². The molecule has 152 valence electrons. The van der Waals surface area contributed by atoms with E-state index in [-0.39, 0.29) is 18.0 Å². The molecular weight excluding hydrogens is 384 g/mol. The molecule has 2 amide bonds. The molecule has 0 bridgehead atoms. The number of benzene rings is 2. The van der Waals surface area contributed by atoms with Gasteiger partial charge in [0.2, 0.25) is 5.91 Å². The maximum atomic E-state index is 12.4. The summed E-state index contributed by atoms with van der Waals surface area (Å²) in [4.78, 5) is 48.3. The number of hydrogen-bond acceptors (Lipinski definition) is 5. The van der Waals surface area contributed by atoms with E-state index in [0.717, 1.165) is 10.2 Å². The van der Waals surface area contributed by atoms with Gasteiger partial charge in [-0.15, -0.1) is 0 Å². The largest absolute Gasteiger partial charge is 0.324 e. The Labute approximate surface area is 172 Å². The number of anilines is 2. The normalized spacial score (nSPS) is 10.3. The highest BCUT2D eigenvalue weighted by Crippen LogP contribution is 2.12. The van der Waals surface area contributed by atoms with E-state index in [1.54, 1.807) is 36.4 Å². The van der Waals surface area contributed by atoms with Gasteiger partial charge in [0.25, 0.3) is 11.5 Å². The van der Waals surface area contributed by atoms with E-state index < -0.39 is 17.4 Å². The molecule has 0 unspecified atom stereocenters. The van der Waals surface area contributed by atoms with Crippen LogP contribution in [-0.4, -0.2) is 27.4 Å². The summed E-state index contributed by atoms with van der Waals surface area (Å²) in [5.41, 5.74) is 2.01. The number of carbonyl (C=O) groups excluding carboxylic acids is 3. The monoisotopic (exact) mass is 404 g/mol. The van der Waals surface area contributed by atoms with Crippen molar-refractivity contribution in [2.24, 2.45) is 0 Å². The van der Waals surface area contributed by atoms with Crippen molar-refractivity contribution in [2.45, 2.75) is 20.4 Å². The quantitative estimate of drug-likeness (QED) is 0.614. The summed E-state index contributed by atoms with van der Waals surface area (Å²) >= 11 is 0. The summed E-state index contributed by atoms with van der Waals surface area (Å²) in [6, 6.07) is 16.2. The van der Waals surface area contributed by atoms with Crippen LogP contribution in [0.5, 0.6) is 0 Å². The topological polar surface area (TPSA) is 110 Å². The van der Waals surface area contributed by atoms with Crippen molar-refractivity contribution in [2.75, 3.05) is 10.6 Å². The summed E-state index contributed by atoms with van der Waals surface area (Å²) in [6.45, 7) is 2.98. The van der Waals surface area contributed by atoms with Crippen molar-refractivity contribution in [1.29, 1.82) is 0 Å². The Morgan fingerprint density at radius 1 is 0.933 bits per heavy atom. The lowest BCUT2D eigenvalue weighted by Gasteiger charge is -2.09. The van der Waals surface area contributed by atoms with Crippen molar-refractivity contribution < 1.29 is 14.4 Å². The molecule has 1 aromatic heterocycles. The summed E-state index contributed by atoms with van der Waals surface area (Å²) < 4.78 is 0.911. The molecule has 0 saturated carbocycles. The fraction of sp³-hybridized carbons (Fsp3) is 0.136. The van der Waals surface area contributed by atoms with Crippen LogP contribution in [0, 0.1) is 6.92 Å². The van der Waals surface area contributed by atoms with Gasteiger partial charge in [-0.1, -0.05) is 29.8 Å². The van der Waals surface area contributed by atoms with Crippen LogP contribution >= 0.6 is 0 Å². The van der Waals surface area contributed by atoms with Gasteiger partial charge < -0.3 is 10.6 Å². The van der Waals surface area contributed by atoms with Crippen LogP contribution in [0.4, 0.5) is 11.4 Å². The van der Waals surface area contributed by atoms with Crippen molar-refractivity contribution in [3.05, 3.63) is 87.8 Å². The van der Waals surface area contributed by atoms with Crippen molar-refractivity contribution in [1.82, 2.24) is 9.78 Å². The first-order valence-electron chi connectivity index (χ1n) is 9.19. The molecule has 0 aliphatic rings. The van der Waals surface area contributed by atoms with E-state index in [4.69, 9.17) is 0 Å². The van der Waals surface area contributed by atoms with E-state index in [1.165, 1.54) is 19.1 Å². The minimum Gasteiger partial charge on any atom is -0.324 e. The van der Waals surface area contributed by atoms with Gasteiger partial charge in [-0.2, -0.15) is 5.10 Å². The minimum atomic E-state index is -0.519. The number of ketones is 1. The molecule has 1 heterocycles. The molecule has 3 rings (SSSR count). The Morgan fingerprint density at radius 3 is 2.37 bits per heavy atom. The number of hydrogen-bond donors (Lipinski definition) is 2. The Bertz CT molecular complexity index is 1170. The smallest absolute Gasteiger partial charge is 0.276 e. The SMILES string of the molecule is CC(=O)c1cccc(NC(=O)Cn2nc(C(=O)Nc3ccc(C)cc3)ccc2=O)c1. The van der Waals surface area contributed by atoms with Gasteiger partial charge in [-0.3, -0.25) is 19.2 Å². The lowest BCUT2D eigenvalue weighted by molar-refractivity contribution is -0.117. The lowest BCUT2D eigenvalue weighted by Crippen LogP contribution is -2.31. The molecule has 0 atom stereocenters. The first kappa shape index (κ1) is 20.7. The van der Waals surface area contributed by atoms with Gasteiger partial charge >= 0.3 is 0 Å². The van der Waals surface area contributed by atoms with Crippen LogP contribution in [-0.2, 0) is 11.3 Å². The van der Waals surface area contributed by atoms with Gasteiger partial charge in [0, 0.05) is 23.0 Å². The van der Waals surface area contributed by atoms with E-state index in [9.17, 15) is 19.2 Å². The number of nitrogens with one attached hydrogen (secondary N) is 2. The molecule has 3 aromatic rings. The average molecular weight is 404 g/mol. The Morgan fingerprint density at radius 2 is 1.67 bits per heavy atom. The van der Waals surface area contributed by atoms with Gasteiger partial charge in [0.05, 0.1) is 0 Å². The zero-order valence-electron chi connectivity index (χ0n) is 16.5. The summed E-state index contributed by atoms with van der Waals surface area (Å²) in [6.07, 6.45) is 0. The second-order valence-electron chi connectivity index (χ2n) is 6.72. The molecule has 0 fully saturated rings. The fourth-order valence-corrected chi connectivity index (χ4v) is 2.67. The molecule has 0 spiro atoms. The third-order valence-electron chi connectivity index (χ3n) is 4.25.